The van der Waals surface area contributed by atoms with Crippen molar-refractivity contribution in [3.63, 3.8) is 0 Å². The molecule has 0 unspecified atom stereocenters. The number of fused-ring (bicyclic) bond motifs is 1. The number of aryl methyl sites for hydroxylation is 2. The van der Waals surface area contributed by atoms with Gasteiger partial charge in [-0.3, -0.25) is 9.59 Å². The number of rotatable bonds is 4. The summed E-state index contributed by atoms with van der Waals surface area (Å²) < 4.78 is 5.64. The lowest BCUT2D eigenvalue weighted by Crippen LogP contribution is -2.39. The Morgan fingerprint density at radius 2 is 2.07 bits per heavy atom. The third-order valence-corrected chi connectivity index (χ3v) is 6.22. The lowest BCUT2D eigenvalue weighted by Gasteiger charge is -2.33. The van der Waals surface area contributed by atoms with Crippen LogP contribution in [0, 0.1) is 13.8 Å². The van der Waals surface area contributed by atoms with Gasteiger partial charge in [0.15, 0.2) is 0 Å². The van der Waals surface area contributed by atoms with Crippen LogP contribution in [-0.4, -0.2) is 41.6 Å². The highest BCUT2D eigenvalue weighted by atomic mass is 16.5. The molecule has 150 valence electrons. The molecule has 2 saturated heterocycles. The summed E-state index contributed by atoms with van der Waals surface area (Å²) in [7, 11) is 0. The van der Waals surface area contributed by atoms with Gasteiger partial charge in [-0.2, -0.15) is 0 Å². The van der Waals surface area contributed by atoms with E-state index in [0.29, 0.717) is 13.0 Å². The minimum absolute atomic E-state index is 0.0215. The van der Waals surface area contributed by atoms with Crippen molar-refractivity contribution in [1.29, 1.82) is 0 Å². The van der Waals surface area contributed by atoms with Gasteiger partial charge in [0.25, 0.3) is 5.56 Å². The van der Waals surface area contributed by atoms with E-state index in [9.17, 15) is 9.59 Å². The van der Waals surface area contributed by atoms with Gasteiger partial charge in [0.05, 0.1) is 6.10 Å². The summed E-state index contributed by atoms with van der Waals surface area (Å²) in [6.07, 6.45) is 5.81. The van der Waals surface area contributed by atoms with Gasteiger partial charge in [-0.05, 0) is 63.0 Å². The summed E-state index contributed by atoms with van der Waals surface area (Å²) in [4.78, 5) is 30.5. The lowest BCUT2D eigenvalue weighted by molar-refractivity contribution is -0.133. The van der Waals surface area contributed by atoms with E-state index in [1.54, 1.807) is 0 Å². The minimum atomic E-state index is -0.0215. The summed E-state index contributed by atoms with van der Waals surface area (Å²) >= 11 is 0. The standard InChI is InChI=1S/C23H30N2O3/c1-15-11-16(2)22-18(12-15)13-20(24-23(22)27)17-5-3-9-25(14-17)21(26)8-7-19-6-4-10-28-19/h11-13,17,19H,3-10,14H2,1-2H3,(H,24,27)/t17-,19+/m0/s1. The van der Waals surface area contributed by atoms with Gasteiger partial charge in [0.1, 0.15) is 0 Å². The Labute approximate surface area is 166 Å². The molecule has 2 aromatic rings. The molecule has 1 aromatic carbocycles. The number of aromatic amines is 1. The number of aromatic nitrogens is 1. The zero-order valence-corrected chi connectivity index (χ0v) is 16.9. The molecule has 2 atom stereocenters. The van der Waals surface area contributed by atoms with E-state index >= 15 is 0 Å². The van der Waals surface area contributed by atoms with E-state index in [2.05, 4.69) is 24.0 Å². The van der Waals surface area contributed by atoms with E-state index < -0.39 is 0 Å². The number of ether oxygens (including phenoxy) is 1. The first kappa shape index (κ1) is 19.2. The number of nitrogens with one attached hydrogen (secondary N) is 1. The molecule has 0 spiro atoms. The van der Waals surface area contributed by atoms with Crippen molar-refractivity contribution < 1.29 is 9.53 Å². The molecule has 0 bridgehead atoms. The van der Waals surface area contributed by atoms with Gasteiger partial charge in [0, 0.05) is 43.1 Å². The van der Waals surface area contributed by atoms with E-state index in [1.807, 2.05) is 17.9 Å². The number of carbonyl (C=O) groups excluding carboxylic acids is 1. The summed E-state index contributed by atoms with van der Waals surface area (Å²) in [5, 5.41) is 1.77. The largest absolute Gasteiger partial charge is 0.378 e. The molecule has 2 fully saturated rings. The van der Waals surface area contributed by atoms with Crippen LogP contribution in [0.25, 0.3) is 10.8 Å². The van der Waals surface area contributed by atoms with Gasteiger partial charge in [0.2, 0.25) is 5.91 Å². The van der Waals surface area contributed by atoms with E-state index in [4.69, 9.17) is 4.74 Å². The van der Waals surface area contributed by atoms with E-state index in [1.165, 1.54) is 0 Å². The highest BCUT2D eigenvalue weighted by Crippen LogP contribution is 2.28. The molecule has 1 amide bonds. The van der Waals surface area contributed by atoms with Crippen LogP contribution >= 0.6 is 0 Å². The zero-order chi connectivity index (χ0) is 19.7. The van der Waals surface area contributed by atoms with Crippen LogP contribution in [-0.2, 0) is 9.53 Å². The summed E-state index contributed by atoms with van der Waals surface area (Å²) in [6.45, 7) is 6.38. The molecule has 0 saturated carbocycles. The molecule has 5 heteroatoms. The first-order valence-corrected chi connectivity index (χ1v) is 10.5. The third kappa shape index (κ3) is 4.00. The molecular formula is C23H30N2O3. The second-order valence-corrected chi connectivity index (χ2v) is 8.45. The summed E-state index contributed by atoms with van der Waals surface area (Å²) in [6, 6.07) is 6.24. The Hall–Kier alpha value is -2.14. The Balaban J connectivity index is 1.49. The van der Waals surface area contributed by atoms with Crippen LogP contribution in [0.5, 0.6) is 0 Å². The van der Waals surface area contributed by atoms with Crippen molar-refractivity contribution in [2.24, 2.45) is 0 Å². The fraction of sp³-hybridized carbons (Fsp3) is 0.565. The second-order valence-electron chi connectivity index (χ2n) is 8.45. The van der Waals surface area contributed by atoms with Gasteiger partial charge >= 0.3 is 0 Å². The predicted octanol–water partition coefficient (Wildman–Crippen LogP) is 3.81. The maximum Gasteiger partial charge on any atom is 0.256 e. The first-order chi connectivity index (χ1) is 13.5. The van der Waals surface area contributed by atoms with Crippen LogP contribution in [0.1, 0.15) is 61.3 Å². The monoisotopic (exact) mass is 382 g/mol. The molecule has 1 aromatic heterocycles. The molecule has 2 aliphatic rings. The minimum Gasteiger partial charge on any atom is -0.378 e. The smallest absolute Gasteiger partial charge is 0.256 e. The van der Waals surface area contributed by atoms with E-state index in [0.717, 1.165) is 72.8 Å². The fourth-order valence-electron chi connectivity index (χ4n) is 4.81. The lowest BCUT2D eigenvalue weighted by atomic mass is 9.92. The Kier molecular flexibility index (Phi) is 5.54. The van der Waals surface area contributed by atoms with Crippen LogP contribution < -0.4 is 5.56 Å². The molecular weight excluding hydrogens is 352 g/mol. The number of hydrogen-bond donors (Lipinski definition) is 1. The van der Waals surface area contributed by atoms with E-state index in [-0.39, 0.29) is 23.5 Å². The summed E-state index contributed by atoms with van der Waals surface area (Å²) in [5.74, 6) is 0.411. The molecule has 3 heterocycles. The average molecular weight is 383 g/mol. The highest BCUT2D eigenvalue weighted by Gasteiger charge is 2.26. The van der Waals surface area contributed by atoms with Crippen molar-refractivity contribution >= 4 is 16.7 Å². The number of carbonyl (C=O) groups is 1. The third-order valence-electron chi connectivity index (χ3n) is 6.22. The molecule has 0 aliphatic carbocycles. The van der Waals surface area contributed by atoms with Crippen molar-refractivity contribution in [1.82, 2.24) is 9.88 Å². The number of pyridine rings is 1. The molecule has 1 N–H and O–H groups in total. The van der Waals surface area contributed by atoms with Crippen LogP contribution in [0.4, 0.5) is 0 Å². The molecule has 5 nitrogen and oxygen atoms in total. The molecule has 2 aliphatic heterocycles. The number of hydrogen-bond acceptors (Lipinski definition) is 3. The van der Waals surface area contributed by atoms with Crippen molar-refractivity contribution in [3.8, 4) is 0 Å². The first-order valence-electron chi connectivity index (χ1n) is 10.5. The average Bonchev–Trinajstić information content (AvgIpc) is 3.19. The highest BCUT2D eigenvalue weighted by molar-refractivity contribution is 5.85. The van der Waals surface area contributed by atoms with Gasteiger partial charge in [-0.15, -0.1) is 0 Å². The Morgan fingerprint density at radius 1 is 1.21 bits per heavy atom. The summed E-state index contributed by atoms with van der Waals surface area (Å²) in [5.41, 5.74) is 3.11. The number of likely N-dealkylation sites (tertiary alicyclic amines) is 1. The normalized spacial score (nSPS) is 22.7. The van der Waals surface area contributed by atoms with Crippen LogP contribution in [0.15, 0.2) is 23.0 Å². The number of amides is 1. The van der Waals surface area contributed by atoms with Crippen LogP contribution in [0.3, 0.4) is 0 Å². The van der Waals surface area contributed by atoms with Crippen molar-refractivity contribution in [3.05, 3.63) is 45.4 Å². The van der Waals surface area contributed by atoms with Gasteiger partial charge < -0.3 is 14.6 Å². The molecule has 28 heavy (non-hydrogen) atoms. The maximum atomic E-state index is 12.7. The van der Waals surface area contributed by atoms with Crippen LogP contribution in [0.2, 0.25) is 0 Å². The zero-order valence-electron chi connectivity index (χ0n) is 16.9. The second kappa shape index (κ2) is 8.08. The van der Waals surface area contributed by atoms with Gasteiger partial charge in [-0.1, -0.05) is 17.7 Å². The van der Waals surface area contributed by atoms with Crippen molar-refractivity contribution in [2.45, 2.75) is 64.4 Å². The quantitative estimate of drug-likeness (QED) is 0.875. The van der Waals surface area contributed by atoms with Crippen molar-refractivity contribution in [2.75, 3.05) is 19.7 Å². The topological polar surface area (TPSA) is 62.4 Å². The Bertz CT molecular complexity index is 927. The SMILES string of the molecule is Cc1cc(C)c2c(=O)[nH]c([C@H]3CCCN(C(=O)CC[C@H]4CCCO4)C3)cc2c1. The van der Waals surface area contributed by atoms with Gasteiger partial charge in [-0.25, -0.2) is 0 Å². The predicted molar refractivity (Wildman–Crippen MR) is 111 cm³/mol. The number of H-pyrrole nitrogens is 1. The number of piperidine rings is 1. The number of nitrogens with zero attached hydrogens (tertiary/aromatic N) is 1. The fourth-order valence-corrected chi connectivity index (χ4v) is 4.81. The maximum absolute atomic E-state index is 12.7. The number of benzene rings is 1. The molecule has 0 radical (unpaired) electrons. The Morgan fingerprint density at radius 3 is 2.86 bits per heavy atom. The molecule has 4 rings (SSSR count).